The minimum absolute atomic E-state index is 0.239. The maximum atomic E-state index is 12.8. The monoisotopic (exact) mass is 292 g/mol. The molecule has 4 nitrogen and oxygen atoms in total. The molecule has 1 saturated heterocycles. The Hall–Kier alpha value is -0.870. The number of carbonyl (C=O) groups excluding carboxylic acids is 1. The summed E-state index contributed by atoms with van der Waals surface area (Å²) in [5.41, 5.74) is 0.630. The molecule has 2 aliphatic carbocycles. The molecular formula is C17H28N2O2. The van der Waals surface area contributed by atoms with Gasteiger partial charge in [0.15, 0.2) is 0 Å². The van der Waals surface area contributed by atoms with E-state index in [1.807, 2.05) is 6.92 Å². The highest BCUT2D eigenvalue weighted by molar-refractivity contribution is 5.80. The molecule has 21 heavy (non-hydrogen) atoms. The van der Waals surface area contributed by atoms with Gasteiger partial charge in [-0.2, -0.15) is 0 Å². The Morgan fingerprint density at radius 2 is 2.24 bits per heavy atom. The lowest BCUT2D eigenvalue weighted by atomic mass is 9.95. The van der Waals surface area contributed by atoms with Crippen molar-refractivity contribution in [2.24, 2.45) is 0 Å². The summed E-state index contributed by atoms with van der Waals surface area (Å²) in [7, 11) is 0. The van der Waals surface area contributed by atoms with E-state index < -0.39 is 5.60 Å². The molecule has 1 N–H and O–H groups in total. The van der Waals surface area contributed by atoms with Crippen LogP contribution in [0.2, 0.25) is 0 Å². The topological polar surface area (TPSA) is 43.8 Å². The molecule has 1 saturated carbocycles. The molecule has 1 unspecified atom stereocenters. The molecule has 1 atom stereocenters. The van der Waals surface area contributed by atoms with Crippen molar-refractivity contribution in [2.75, 3.05) is 19.6 Å². The number of carbonyl (C=O) groups is 1. The second-order valence-corrected chi connectivity index (χ2v) is 7.25. The third kappa shape index (κ3) is 3.86. The van der Waals surface area contributed by atoms with Gasteiger partial charge in [-0.25, -0.2) is 0 Å². The highest BCUT2D eigenvalue weighted by Gasteiger charge is 2.37. The number of rotatable bonds is 4. The van der Waals surface area contributed by atoms with Gasteiger partial charge in [-0.1, -0.05) is 6.08 Å². The van der Waals surface area contributed by atoms with Crippen molar-refractivity contribution >= 4 is 5.91 Å². The minimum atomic E-state index is -0.632. The van der Waals surface area contributed by atoms with E-state index in [4.69, 9.17) is 0 Å². The van der Waals surface area contributed by atoms with Crippen LogP contribution in [-0.4, -0.2) is 52.1 Å². The van der Waals surface area contributed by atoms with Gasteiger partial charge in [0.25, 0.3) is 0 Å². The highest BCUT2D eigenvalue weighted by Crippen LogP contribution is 2.34. The third-order valence-corrected chi connectivity index (χ3v) is 4.87. The van der Waals surface area contributed by atoms with E-state index in [-0.39, 0.29) is 5.91 Å². The predicted molar refractivity (Wildman–Crippen MR) is 82.7 cm³/mol. The van der Waals surface area contributed by atoms with Crippen LogP contribution < -0.4 is 0 Å². The zero-order chi connectivity index (χ0) is 14.9. The summed E-state index contributed by atoms with van der Waals surface area (Å²) >= 11 is 0. The Balaban J connectivity index is 1.63. The first-order valence-electron chi connectivity index (χ1n) is 8.51. The van der Waals surface area contributed by atoms with E-state index in [0.717, 1.165) is 45.1 Å². The number of allylic oxidation sites excluding steroid dienone is 2. The normalized spacial score (nSPS) is 30.9. The van der Waals surface area contributed by atoms with Gasteiger partial charge in [0, 0.05) is 18.3 Å². The number of likely N-dealkylation sites (tertiary alicyclic amines) is 1. The van der Waals surface area contributed by atoms with Crippen LogP contribution in [0.15, 0.2) is 11.8 Å². The van der Waals surface area contributed by atoms with E-state index in [1.54, 1.807) is 0 Å². The summed E-state index contributed by atoms with van der Waals surface area (Å²) in [6.45, 7) is 3.89. The van der Waals surface area contributed by atoms with Gasteiger partial charge in [0.1, 0.15) is 0 Å². The summed E-state index contributed by atoms with van der Waals surface area (Å²) in [5.74, 6) is 0.239. The number of β-amino-alcohol motifs (C(OH)–C–C–N with tert-alkyl or cyclic N) is 1. The van der Waals surface area contributed by atoms with Crippen LogP contribution in [0, 0.1) is 0 Å². The van der Waals surface area contributed by atoms with Crippen molar-refractivity contribution in [1.82, 2.24) is 9.80 Å². The lowest BCUT2D eigenvalue weighted by Gasteiger charge is -2.38. The molecule has 2 fully saturated rings. The van der Waals surface area contributed by atoms with Gasteiger partial charge in [0.2, 0.25) is 5.91 Å². The molecule has 0 aromatic rings. The van der Waals surface area contributed by atoms with Crippen LogP contribution in [-0.2, 0) is 4.79 Å². The smallest absolute Gasteiger partial charge is 0.241 e. The zero-order valence-electron chi connectivity index (χ0n) is 13.2. The average molecular weight is 292 g/mol. The molecule has 0 aromatic heterocycles. The maximum Gasteiger partial charge on any atom is 0.241 e. The number of hydrogen-bond acceptors (Lipinski definition) is 3. The van der Waals surface area contributed by atoms with Gasteiger partial charge in [-0.05, 0) is 64.8 Å². The summed E-state index contributed by atoms with van der Waals surface area (Å²) in [6.07, 6.45) is 11.0. The Bertz CT molecular complexity index is 427. The van der Waals surface area contributed by atoms with Crippen molar-refractivity contribution in [3.63, 3.8) is 0 Å². The summed E-state index contributed by atoms with van der Waals surface area (Å²) in [4.78, 5) is 17.0. The molecule has 1 amide bonds. The third-order valence-electron chi connectivity index (χ3n) is 4.87. The van der Waals surface area contributed by atoms with E-state index in [1.165, 1.54) is 18.5 Å². The Kier molecular flexibility index (Phi) is 4.36. The molecule has 0 aromatic carbocycles. The molecule has 0 bridgehead atoms. The van der Waals surface area contributed by atoms with E-state index >= 15 is 0 Å². The lowest BCUT2D eigenvalue weighted by Crippen LogP contribution is -2.50. The van der Waals surface area contributed by atoms with Crippen molar-refractivity contribution in [1.29, 1.82) is 0 Å². The van der Waals surface area contributed by atoms with Crippen LogP contribution in [0.1, 0.15) is 58.3 Å². The fraction of sp³-hybridized carbons (Fsp3) is 0.824. The number of aliphatic hydroxyl groups is 1. The van der Waals surface area contributed by atoms with Crippen molar-refractivity contribution < 1.29 is 9.90 Å². The van der Waals surface area contributed by atoms with Gasteiger partial charge >= 0.3 is 0 Å². The number of piperidine rings is 1. The van der Waals surface area contributed by atoms with Crippen molar-refractivity contribution in [3.8, 4) is 0 Å². The largest absolute Gasteiger partial charge is 0.389 e. The number of nitrogens with zero attached hydrogens (tertiary/aromatic N) is 2. The SMILES string of the molecule is CC1(O)CCCN(CC(=O)N(C2=CCCCC2)C2CC2)C1. The number of amides is 1. The van der Waals surface area contributed by atoms with Crippen molar-refractivity contribution in [2.45, 2.75) is 69.9 Å². The first-order valence-corrected chi connectivity index (χ1v) is 8.51. The molecule has 1 aliphatic heterocycles. The molecule has 4 heteroatoms. The van der Waals surface area contributed by atoms with Gasteiger partial charge in [-0.15, -0.1) is 0 Å². The molecule has 3 aliphatic rings. The maximum absolute atomic E-state index is 12.8. The lowest BCUT2D eigenvalue weighted by molar-refractivity contribution is -0.132. The van der Waals surface area contributed by atoms with Crippen LogP contribution in [0.5, 0.6) is 0 Å². The fourth-order valence-corrected chi connectivity index (χ4v) is 3.70. The second-order valence-electron chi connectivity index (χ2n) is 7.25. The van der Waals surface area contributed by atoms with Gasteiger partial charge < -0.3 is 10.0 Å². The second kappa shape index (κ2) is 6.09. The van der Waals surface area contributed by atoms with Crippen molar-refractivity contribution in [3.05, 3.63) is 11.8 Å². The van der Waals surface area contributed by atoms with Gasteiger partial charge in [-0.3, -0.25) is 9.69 Å². The van der Waals surface area contributed by atoms with E-state index in [2.05, 4.69) is 15.9 Å². The Morgan fingerprint density at radius 3 is 2.86 bits per heavy atom. The summed E-state index contributed by atoms with van der Waals surface area (Å²) < 4.78 is 0. The van der Waals surface area contributed by atoms with Crippen LogP contribution in [0.4, 0.5) is 0 Å². The van der Waals surface area contributed by atoms with Crippen LogP contribution >= 0.6 is 0 Å². The van der Waals surface area contributed by atoms with Gasteiger partial charge in [0.05, 0.1) is 12.1 Å². The molecule has 3 rings (SSSR count). The summed E-state index contributed by atoms with van der Waals surface area (Å²) in [6, 6.07) is 0.451. The van der Waals surface area contributed by atoms with Crippen LogP contribution in [0.3, 0.4) is 0 Å². The van der Waals surface area contributed by atoms with E-state index in [9.17, 15) is 9.90 Å². The first-order chi connectivity index (χ1) is 10.1. The molecule has 118 valence electrons. The highest BCUT2D eigenvalue weighted by atomic mass is 16.3. The predicted octanol–water partition coefficient (Wildman–Crippen LogP) is 2.28. The molecule has 1 heterocycles. The molecular weight excluding hydrogens is 264 g/mol. The quantitative estimate of drug-likeness (QED) is 0.864. The molecule has 0 radical (unpaired) electrons. The zero-order valence-corrected chi connectivity index (χ0v) is 13.2. The van der Waals surface area contributed by atoms with E-state index in [0.29, 0.717) is 19.1 Å². The fourth-order valence-electron chi connectivity index (χ4n) is 3.70. The number of hydrogen-bond donors (Lipinski definition) is 1. The summed E-state index contributed by atoms with van der Waals surface area (Å²) in [5, 5.41) is 10.2. The Morgan fingerprint density at radius 1 is 1.43 bits per heavy atom. The first kappa shape index (κ1) is 15.0. The average Bonchev–Trinajstić information content (AvgIpc) is 3.23. The minimum Gasteiger partial charge on any atom is -0.389 e. The van der Waals surface area contributed by atoms with Crippen LogP contribution in [0.25, 0.3) is 0 Å². The standard InChI is InChI=1S/C17H28N2O2/c1-17(21)10-5-11-18(13-17)12-16(20)19(15-8-9-15)14-6-3-2-4-7-14/h6,15,21H,2-5,7-13H2,1H3. The molecule has 0 spiro atoms. The Labute approximate surface area is 127 Å².